The maximum atomic E-state index is 12.5. The van der Waals surface area contributed by atoms with E-state index in [0.29, 0.717) is 58.0 Å². The van der Waals surface area contributed by atoms with E-state index in [1.165, 1.54) is 14.2 Å². The smallest absolute Gasteiger partial charge is 0.417 e. The van der Waals surface area contributed by atoms with E-state index in [1.807, 2.05) is 4.40 Å². The van der Waals surface area contributed by atoms with Crippen LogP contribution in [0.15, 0.2) is 36.5 Å². The number of carbonyl (C=O) groups is 1. The highest BCUT2D eigenvalue weighted by molar-refractivity contribution is 6.34. The summed E-state index contributed by atoms with van der Waals surface area (Å²) in [5.41, 5.74) is 2.62. The third kappa shape index (κ3) is 3.90. The molecule has 4 rings (SSSR count). The van der Waals surface area contributed by atoms with Crippen molar-refractivity contribution in [1.82, 2.24) is 14.4 Å². The highest BCUT2D eigenvalue weighted by atomic mass is 35.5. The minimum atomic E-state index is -1.24. The average molecular weight is 471 g/mol. The number of hydrogen-bond donors (Lipinski definition) is 2. The normalized spacial score (nSPS) is 11.2. The zero-order chi connectivity index (χ0) is 23.7. The highest BCUT2D eigenvalue weighted by Gasteiger charge is 2.27. The van der Waals surface area contributed by atoms with E-state index in [-0.39, 0.29) is 17.4 Å². The number of benzene rings is 2. The molecule has 0 aliphatic rings. The number of aryl methyl sites for hydroxylation is 2. The minimum absolute atomic E-state index is 0.00198. The lowest BCUT2D eigenvalue weighted by atomic mass is 10.1. The molecule has 0 bridgehead atoms. The summed E-state index contributed by atoms with van der Waals surface area (Å²) >= 11 is 6.43. The van der Waals surface area contributed by atoms with Crippen LogP contribution in [-0.2, 0) is 6.42 Å². The highest BCUT2D eigenvalue weighted by Crippen LogP contribution is 2.39. The van der Waals surface area contributed by atoms with Crippen LogP contribution in [0.3, 0.4) is 0 Å². The molecule has 0 spiro atoms. The van der Waals surface area contributed by atoms with Crippen molar-refractivity contribution in [3.05, 3.63) is 52.9 Å². The molecule has 33 heavy (non-hydrogen) atoms. The molecule has 10 heteroatoms. The Labute approximate surface area is 194 Å². The first-order valence-corrected chi connectivity index (χ1v) is 10.6. The lowest BCUT2D eigenvalue weighted by Crippen LogP contribution is -2.26. The van der Waals surface area contributed by atoms with Crippen molar-refractivity contribution in [2.75, 3.05) is 25.7 Å². The molecule has 2 aromatic heterocycles. The second kappa shape index (κ2) is 9.13. The van der Waals surface area contributed by atoms with Gasteiger partial charge in [-0.25, -0.2) is 19.7 Å². The number of aliphatic hydroxyl groups is 1. The van der Waals surface area contributed by atoms with E-state index >= 15 is 0 Å². The van der Waals surface area contributed by atoms with Crippen LogP contribution in [0, 0.1) is 6.92 Å². The van der Waals surface area contributed by atoms with Gasteiger partial charge in [0.15, 0.2) is 17.3 Å². The number of carboxylic acid groups (broad SMARTS) is 1. The summed E-state index contributed by atoms with van der Waals surface area (Å²) in [5, 5.41) is 19.8. The van der Waals surface area contributed by atoms with Gasteiger partial charge in [0.2, 0.25) is 0 Å². The predicted octanol–water partition coefficient (Wildman–Crippen LogP) is 4.60. The zero-order valence-electron chi connectivity index (χ0n) is 18.4. The SMILES string of the molecule is COc1cc2nc(N(C(=O)O)c3c(C)cccc3Cl)c3cnc(CCCO)n3c2cc1OC. The van der Waals surface area contributed by atoms with E-state index in [9.17, 15) is 15.0 Å². The largest absolute Gasteiger partial charge is 0.493 e. The van der Waals surface area contributed by atoms with Crippen LogP contribution >= 0.6 is 11.6 Å². The number of methoxy groups -OCH3 is 2. The lowest BCUT2D eigenvalue weighted by molar-refractivity contribution is 0.204. The molecule has 2 N–H and O–H groups in total. The number of aliphatic hydroxyl groups excluding tert-OH is 1. The Hall–Kier alpha value is -3.56. The summed E-state index contributed by atoms with van der Waals surface area (Å²) in [6.07, 6.45) is 1.32. The molecule has 0 atom stereocenters. The van der Waals surface area contributed by atoms with Gasteiger partial charge >= 0.3 is 6.09 Å². The standard InChI is InChI=1S/C23H23ClN4O5/c1-13-6-4-7-14(24)21(13)28(23(30)31)22-17-12-25-20(8-5-9-29)27(17)16-11-19(33-3)18(32-2)10-15(16)26-22/h4,6-7,10-12,29H,5,8-9H2,1-3H3,(H,30,31). The van der Waals surface area contributed by atoms with E-state index < -0.39 is 6.09 Å². The number of fused-ring (bicyclic) bond motifs is 3. The van der Waals surface area contributed by atoms with Gasteiger partial charge in [0.1, 0.15) is 11.3 Å². The van der Waals surface area contributed by atoms with Gasteiger partial charge in [-0.3, -0.25) is 4.40 Å². The Morgan fingerprint density at radius 3 is 2.55 bits per heavy atom. The molecular weight excluding hydrogens is 448 g/mol. The number of aromatic nitrogens is 3. The molecule has 0 fully saturated rings. The first kappa shape index (κ1) is 22.6. The first-order valence-electron chi connectivity index (χ1n) is 10.2. The second-order valence-corrected chi connectivity index (χ2v) is 7.78. The maximum Gasteiger partial charge on any atom is 0.417 e. The summed E-state index contributed by atoms with van der Waals surface area (Å²) in [4.78, 5) is 22.8. The third-order valence-corrected chi connectivity index (χ3v) is 5.69. The number of ether oxygens (including phenoxy) is 2. The zero-order valence-corrected chi connectivity index (χ0v) is 19.1. The van der Waals surface area contributed by atoms with E-state index in [0.717, 1.165) is 4.90 Å². The molecule has 9 nitrogen and oxygen atoms in total. The molecule has 2 heterocycles. The first-order chi connectivity index (χ1) is 15.9. The Morgan fingerprint density at radius 2 is 1.91 bits per heavy atom. The fraction of sp³-hybridized carbons (Fsp3) is 0.261. The van der Waals surface area contributed by atoms with Crippen molar-refractivity contribution < 1.29 is 24.5 Å². The van der Waals surface area contributed by atoms with E-state index in [4.69, 9.17) is 26.1 Å². The van der Waals surface area contributed by atoms with Gasteiger partial charge in [-0.1, -0.05) is 23.7 Å². The van der Waals surface area contributed by atoms with Gasteiger partial charge in [0.05, 0.1) is 42.2 Å². The monoisotopic (exact) mass is 470 g/mol. The quantitative estimate of drug-likeness (QED) is 0.406. The molecule has 0 radical (unpaired) electrons. The molecule has 0 aliphatic carbocycles. The van der Waals surface area contributed by atoms with E-state index in [1.54, 1.807) is 43.5 Å². The fourth-order valence-electron chi connectivity index (χ4n) is 3.89. The van der Waals surface area contributed by atoms with Crippen molar-refractivity contribution in [2.45, 2.75) is 19.8 Å². The number of halogens is 1. The summed E-state index contributed by atoms with van der Waals surface area (Å²) in [5.74, 6) is 1.76. The van der Waals surface area contributed by atoms with Gasteiger partial charge in [0, 0.05) is 25.2 Å². The van der Waals surface area contributed by atoms with Crippen LogP contribution in [-0.4, -0.2) is 51.5 Å². The third-order valence-electron chi connectivity index (χ3n) is 5.39. The van der Waals surface area contributed by atoms with Crippen LogP contribution < -0.4 is 14.4 Å². The molecule has 4 aromatic rings. The molecule has 0 saturated heterocycles. The Morgan fingerprint density at radius 1 is 1.18 bits per heavy atom. The van der Waals surface area contributed by atoms with Crippen molar-refractivity contribution in [1.29, 1.82) is 0 Å². The minimum Gasteiger partial charge on any atom is -0.493 e. The number of hydrogen-bond acceptors (Lipinski definition) is 6. The van der Waals surface area contributed by atoms with Crippen molar-refractivity contribution in [3.63, 3.8) is 0 Å². The molecule has 172 valence electrons. The van der Waals surface area contributed by atoms with Gasteiger partial charge in [0.25, 0.3) is 0 Å². The number of imidazole rings is 1. The van der Waals surface area contributed by atoms with Crippen LogP contribution in [0.1, 0.15) is 17.8 Å². The van der Waals surface area contributed by atoms with Gasteiger partial charge in [-0.15, -0.1) is 0 Å². The Balaban J connectivity index is 2.11. The summed E-state index contributed by atoms with van der Waals surface area (Å²) in [6.45, 7) is 1.79. The van der Waals surface area contributed by atoms with Crippen molar-refractivity contribution in [3.8, 4) is 11.5 Å². The van der Waals surface area contributed by atoms with Gasteiger partial charge < -0.3 is 19.7 Å². The number of nitrogens with zero attached hydrogens (tertiary/aromatic N) is 4. The molecule has 2 aromatic carbocycles. The summed E-state index contributed by atoms with van der Waals surface area (Å²) in [6, 6.07) is 8.63. The van der Waals surface area contributed by atoms with Crippen LogP contribution in [0.2, 0.25) is 5.02 Å². The van der Waals surface area contributed by atoms with Crippen LogP contribution in [0.4, 0.5) is 16.3 Å². The van der Waals surface area contributed by atoms with Crippen molar-refractivity contribution >= 4 is 45.7 Å². The summed E-state index contributed by atoms with van der Waals surface area (Å²) < 4.78 is 12.7. The predicted molar refractivity (Wildman–Crippen MR) is 125 cm³/mol. The molecular formula is C23H23ClN4O5. The number of para-hydroxylation sites is 1. The topological polar surface area (TPSA) is 109 Å². The Kier molecular flexibility index (Phi) is 6.26. The number of rotatable bonds is 7. The number of amides is 1. The molecule has 0 saturated carbocycles. The maximum absolute atomic E-state index is 12.5. The molecule has 1 amide bonds. The molecule has 0 aliphatic heterocycles. The average Bonchev–Trinajstić information content (AvgIpc) is 3.23. The molecule has 0 unspecified atom stereocenters. The second-order valence-electron chi connectivity index (χ2n) is 7.38. The van der Waals surface area contributed by atoms with Crippen LogP contribution in [0.5, 0.6) is 11.5 Å². The van der Waals surface area contributed by atoms with E-state index in [2.05, 4.69) is 4.98 Å². The summed E-state index contributed by atoms with van der Waals surface area (Å²) in [7, 11) is 3.05. The lowest BCUT2D eigenvalue weighted by Gasteiger charge is -2.23. The van der Waals surface area contributed by atoms with Gasteiger partial charge in [-0.05, 0) is 25.0 Å². The number of anilines is 2. The fourth-order valence-corrected chi connectivity index (χ4v) is 4.20. The van der Waals surface area contributed by atoms with Crippen LogP contribution in [0.25, 0.3) is 16.6 Å². The van der Waals surface area contributed by atoms with Crippen molar-refractivity contribution in [2.24, 2.45) is 0 Å². The van der Waals surface area contributed by atoms with Gasteiger partial charge in [-0.2, -0.15) is 0 Å². The Bertz CT molecular complexity index is 1330.